The fourth-order valence-corrected chi connectivity index (χ4v) is 15.7. The lowest BCUT2D eigenvalue weighted by Gasteiger charge is -2.31. The molecule has 1 saturated carbocycles. The van der Waals surface area contributed by atoms with E-state index in [1.54, 1.807) is 79.8 Å². The number of carbonyl (C=O) groups excluding carboxylic acids is 9. The maximum atomic E-state index is 14.5. The average Bonchev–Trinajstić information content (AvgIpc) is 1.56. The molecule has 3 N–H and O–H groups in total. The fraction of sp³-hybridized carbons (Fsp3) is 0.434. The maximum Gasteiger partial charge on any atom is 0.416 e. The Morgan fingerprint density at radius 2 is 1.37 bits per heavy atom. The Bertz CT molecular complexity index is 4590. The van der Waals surface area contributed by atoms with Crippen LogP contribution in [0.4, 0.5) is 16.2 Å². The Balaban J connectivity index is 0.567. The number of aromatic nitrogens is 3. The average molecular weight is 1470 g/mol. The fourth-order valence-electron chi connectivity index (χ4n) is 15.7. The van der Waals surface area contributed by atoms with Crippen molar-refractivity contribution in [2.75, 3.05) is 64.0 Å². The van der Waals surface area contributed by atoms with E-state index < -0.39 is 47.9 Å². The second-order valence-corrected chi connectivity index (χ2v) is 29.5. The predicted molar refractivity (Wildman–Crippen MR) is 400 cm³/mol. The number of fused-ring (bicyclic) bond motifs is 9. The van der Waals surface area contributed by atoms with Crippen LogP contribution in [0.1, 0.15) is 153 Å². The number of aliphatic hydroxyl groups excluding tert-OH is 1. The van der Waals surface area contributed by atoms with Crippen LogP contribution >= 0.6 is 0 Å². The first-order chi connectivity index (χ1) is 52.1. The van der Waals surface area contributed by atoms with E-state index in [4.69, 9.17) is 28.4 Å². The summed E-state index contributed by atoms with van der Waals surface area (Å²) in [6.45, 7) is 8.71. The standard InChI is InChI=1S/C83H93N9O16/c1-8-91-77-62-16-11-12-17-66(62)89(45-55-14-9-10-15-61(55)76(77)86-87-91)75(97)31-27-58(93)26-30-74(96)84-44-59(94)39-63(49(2)3)78(98)85-50(4)69(95)36-51-18-20-52(21-19-51)47-108-82(102)92-67-42-73(71(105-7)41-65(67)80(100)90-48-83(32-33-83)43-68(90)81(92)101)107-35-13-34-106-72-38-54-22-25-57-37-56(53-23-28-60(103-5)29-24-53)46-88(57)79(99)64(54)40-70(72)104-6/h9-12,14-21,23-24,28-29,38,40-42,49-50,56-57,63,68,81,101H,8,13,22,25-27,30-37,39,43-48H2,1-7H3,(H,84,96)(H,85,98)/t50-,56?,57+,63-,68-,81?/m0/s1. The summed E-state index contributed by atoms with van der Waals surface area (Å²) in [7, 11) is 4.64. The molecule has 7 aromatic rings. The van der Waals surface area contributed by atoms with Gasteiger partial charge in [0.25, 0.3) is 11.8 Å². The van der Waals surface area contributed by atoms with Crippen LogP contribution < -0.4 is 44.1 Å². The smallest absolute Gasteiger partial charge is 0.416 e. The number of para-hydroxylation sites is 1. The van der Waals surface area contributed by atoms with Gasteiger partial charge < -0.3 is 58.9 Å². The third-order valence-corrected chi connectivity index (χ3v) is 22.1. The second kappa shape index (κ2) is 32.6. The maximum absolute atomic E-state index is 14.5. The monoisotopic (exact) mass is 1470 g/mol. The molecule has 1 aromatic heterocycles. The number of carbonyl (C=O) groups is 9. The number of aryl methyl sites for hydroxylation is 2. The van der Waals surface area contributed by atoms with Crippen LogP contribution in [0.5, 0.6) is 28.7 Å². The first-order valence-corrected chi connectivity index (χ1v) is 37.4. The molecule has 1 aliphatic carbocycles. The van der Waals surface area contributed by atoms with Gasteiger partial charge in [-0.2, -0.15) is 0 Å². The highest BCUT2D eigenvalue weighted by Gasteiger charge is 2.58. The predicted octanol–water partition coefficient (Wildman–Crippen LogP) is 10.6. The van der Waals surface area contributed by atoms with E-state index in [0.29, 0.717) is 72.8 Å². The zero-order valence-electron chi connectivity index (χ0n) is 62.1. The number of nitrogens with one attached hydrogen (secondary N) is 2. The number of ketones is 3. The minimum Gasteiger partial charge on any atom is -0.497 e. The van der Waals surface area contributed by atoms with E-state index >= 15 is 0 Å². The van der Waals surface area contributed by atoms with Gasteiger partial charge in [0.05, 0.1) is 82.3 Å². The zero-order valence-corrected chi connectivity index (χ0v) is 62.1. The highest BCUT2D eigenvalue weighted by molar-refractivity contribution is 6.07. The normalized spacial score (nSPS) is 18.4. The number of methoxy groups -OCH3 is 3. The van der Waals surface area contributed by atoms with Crippen LogP contribution in [0.15, 0.2) is 121 Å². The summed E-state index contributed by atoms with van der Waals surface area (Å²) in [5, 5.41) is 26.5. The second-order valence-electron chi connectivity index (χ2n) is 29.5. The van der Waals surface area contributed by atoms with Crippen molar-refractivity contribution in [3.8, 4) is 51.3 Å². The van der Waals surface area contributed by atoms with Crippen LogP contribution in [0.25, 0.3) is 22.5 Å². The molecule has 2 saturated heterocycles. The lowest BCUT2D eigenvalue weighted by Crippen LogP contribution is -2.50. The molecule has 6 aromatic carbocycles. The number of Topliss-reactive ketones (excluding diaryl/α,β-unsaturated/α-hetero) is 3. The number of nitrogens with zero attached hydrogens (tertiary/aromatic N) is 7. The minimum atomic E-state index is -1.48. The SMILES string of the molecule is CCn1nnc2c1-c1ccccc1N(C(=O)CCC(=O)CCC(=O)NCC(=O)C[C@H](C(=O)N[C@@H](C)C(=O)Cc1ccc(COC(=O)N3c4cc(OCCCOc5cc6c(cc5OC)C(=O)N5CC(c7ccc(OC)cc7)C[C@H]5CC6)c(OC)cc4C(=O)N4CC5(CC5)C[C@H]4C3O)cc1)C(C)C)Cc1ccccc1-2. The number of ether oxygens (including phenoxy) is 6. The first-order valence-electron chi connectivity index (χ1n) is 37.4. The van der Waals surface area contributed by atoms with Gasteiger partial charge in [-0.05, 0) is 128 Å². The third kappa shape index (κ3) is 16.2. The van der Waals surface area contributed by atoms with Crippen LogP contribution in [-0.2, 0) is 66.0 Å². The summed E-state index contributed by atoms with van der Waals surface area (Å²) in [4.78, 5) is 130. The number of aliphatic hydroxyl groups is 1. The number of rotatable bonds is 29. The zero-order chi connectivity index (χ0) is 76.1. The van der Waals surface area contributed by atoms with Crippen molar-refractivity contribution >= 4 is 64.4 Å². The molecule has 13 rings (SSSR count). The van der Waals surface area contributed by atoms with E-state index in [-0.39, 0.29) is 147 Å². The van der Waals surface area contributed by atoms with E-state index in [0.717, 1.165) is 70.0 Å². The van der Waals surface area contributed by atoms with Crippen molar-refractivity contribution in [2.24, 2.45) is 17.3 Å². The van der Waals surface area contributed by atoms with E-state index in [1.807, 2.05) is 78.6 Å². The van der Waals surface area contributed by atoms with Gasteiger partial charge in [-0.3, -0.25) is 38.4 Å². The molecule has 25 nitrogen and oxygen atoms in total. The van der Waals surface area contributed by atoms with Gasteiger partial charge in [0.2, 0.25) is 17.7 Å². The first kappa shape index (κ1) is 75.3. The largest absolute Gasteiger partial charge is 0.497 e. The van der Waals surface area contributed by atoms with Gasteiger partial charge in [0, 0.05) is 105 Å². The molecule has 6 atom stereocenters. The molecule has 108 heavy (non-hydrogen) atoms. The topological polar surface area (TPSA) is 297 Å². The summed E-state index contributed by atoms with van der Waals surface area (Å²) in [5.74, 6) is -1.40. The van der Waals surface area contributed by atoms with Crippen molar-refractivity contribution in [1.29, 1.82) is 0 Å². The molecule has 2 unspecified atom stereocenters. The summed E-state index contributed by atoms with van der Waals surface area (Å²) in [6, 6.07) is 35.3. The molecule has 6 aliphatic rings. The van der Waals surface area contributed by atoms with Crippen molar-refractivity contribution in [3.05, 3.63) is 160 Å². The number of benzene rings is 6. The minimum absolute atomic E-state index is 0.0235. The Hall–Kier alpha value is -11.0. The highest BCUT2D eigenvalue weighted by Crippen LogP contribution is 2.57. The molecule has 3 fully saturated rings. The molecular formula is C83H93N9O16. The van der Waals surface area contributed by atoms with Gasteiger partial charge in [-0.1, -0.05) is 97.9 Å². The molecule has 566 valence electrons. The van der Waals surface area contributed by atoms with E-state index in [9.17, 15) is 48.3 Å². The molecular weight excluding hydrogens is 1380 g/mol. The molecule has 1 spiro atoms. The molecule has 5 aliphatic heterocycles. The Morgan fingerprint density at radius 1 is 0.694 bits per heavy atom. The molecule has 6 heterocycles. The summed E-state index contributed by atoms with van der Waals surface area (Å²) in [6.07, 6.45) is 1.88. The lowest BCUT2D eigenvalue weighted by molar-refractivity contribution is -0.133. The highest BCUT2D eigenvalue weighted by atomic mass is 16.6. The van der Waals surface area contributed by atoms with E-state index in [2.05, 4.69) is 33.1 Å². The van der Waals surface area contributed by atoms with E-state index in [1.165, 1.54) is 24.8 Å². The molecule has 0 bridgehead atoms. The number of hydrogen-bond donors (Lipinski definition) is 3. The van der Waals surface area contributed by atoms with Crippen LogP contribution in [0.3, 0.4) is 0 Å². The molecule has 25 heteroatoms. The summed E-state index contributed by atoms with van der Waals surface area (Å²) >= 11 is 0. The third-order valence-electron chi connectivity index (χ3n) is 22.1. The van der Waals surface area contributed by atoms with Crippen LogP contribution in [0, 0.1) is 17.3 Å². The summed E-state index contributed by atoms with van der Waals surface area (Å²) < 4.78 is 37.3. The van der Waals surface area contributed by atoms with Gasteiger partial charge >= 0.3 is 6.09 Å². The Kier molecular flexibility index (Phi) is 22.8. The van der Waals surface area contributed by atoms with Gasteiger partial charge in [-0.25, -0.2) is 14.4 Å². The van der Waals surface area contributed by atoms with Crippen molar-refractivity contribution in [3.63, 3.8) is 0 Å². The quantitative estimate of drug-likeness (QED) is 0.0367. The number of anilines is 2. The van der Waals surface area contributed by atoms with Crippen molar-refractivity contribution < 1.29 is 76.7 Å². The lowest BCUT2D eigenvalue weighted by atomic mass is 9.89. The van der Waals surface area contributed by atoms with Crippen LogP contribution in [0.2, 0.25) is 0 Å². The van der Waals surface area contributed by atoms with Crippen LogP contribution in [-0.4, -0.2) is 161 Å². The molecule has 0 radical (unpaired) electrons. The Morgan fingerprint density at radius 3 is 2.07 bits per heavy atom. The number of hydrogen-bond acceptors (Lipinski definition) is 18. The Labute approximate surface area is 627 Å². The number of amides is 6. The summed E-state index contributed by atoms with van der Waals surface area (Å²) in [5.41, 5.74) is 8.66. The van der Waals surface area contributed by atoms with Gasteiger partial charge in [0.1, 0.15) is 23.8 Å². The molecule has 6 amide bonds. The van der Waals surface area contributed by atoms with Crippen molar-refractivity contribution in [2.45, 2.75) is 161 Å². The van der Waals surface area contributed by atoms with Gasteiger partial charge in [-0.15, -0.1) is 5.10 Å². The van der Waals surface area contributed by atoms with Crippen molar-refractivity contribution in [1.82, 2.24) is 35.4 Å². The van der Waals surface area contributed by atoms with Gasteiger partial charge in [0.15, 0.2) is 40.8 Å².